The van der Waals surface area contributed by atoms with Gasteiger partial charge >= 0.3 is 0 Å². The molecule has 0 radical (unpaired) electrons. The number of fused-ring (bicyclic) bond motifs is 1. The van der Waals surface area contributed by atoms with Gasteiger partial charge in [0.15, 0.2) is 6.29 Å². The van der Waals surface area contributed by atoms with E-state index >= 15 is 0 Å². The third-order valence-corrected chi connectivity index (χ3v) is 3.91. The van der Waals surface area contributed by atoms with Crippen LogP contribution in [0.15, 0.2) is 53.1 Å². The summed E-state index contributed by atoms with van der Waals surface area (Å²) in [4.78, 5) is 11.4. The van der Waals surface area contributed by atoms with E-state index in [0.29, 0.717) is 5.69 Å². The van der Waals surface area contributed by atoms with E-state index in [4.69, 9.17) is 4.74 Å². The van der Waals surface area contributed by atoms with Crippen LogP contribution in [0, 0.1) is 0 Å². The van der Waals surface area contributed by atoms with Crippen LogP contribution < -0.4 is 4.74 Å². The second kappa shape index (κ2) is 5.13. The van der Waals surface area contributed by atoms with Crippen LogP contribution in [0.4, 0.5) is 0 Å². The summed E-state index contributed by atoms with van der Waals surface area (Å²) in [5.74, 6) is 0.769. The molecule has 0 aliphatic rings. The minimum absolute atomic E-state index is 0.651. The van der Waals surface area contributed by atoms with Crippen molar-refractivity contribution in [3.8, 4) is 16.9 Å². The molecule has 3 aromatic rings. The summed E-state index contributed by atoms with van der Waals surface area (Å²) in [5, 5.41) is 0. The summed E-state index contributed by atoms with van der Waals surface area (Å²) in [6.07, 6.45) is 2.78. The Morgan fingerprint density at radius 3 is 2.75 bits per heavy atom. The zero-order valence-electron chi connectivity index (χ0n) is 10.8. The van der Waals surface area contributed by atoms with E-state index in [2.05, 4.69) is 15.9 Å². The van der Waals surface area contributed by atoms with Gasteiger partial charge in [0, 0.05) is 17.3 Å². The van der Waals surface area contributed by atoms with Gasteiger partial charge in [0.25, 0.3) is 0 Å². The Morgan fingerprint density at radius 2 is 2.05 bits per heavy atom. The number of aromatic nitrogens is 1. The molecule has 0 atom stereocenters. The molecule has 4 heteroatoms. The van der Waals surface area contributed by atoms with Crippen LogP contribution in [0.25, 0.3) is 16.6 Å². The van der Waals surface area contributed by atoms with Gasteiger partial charge in [-0.25, -0.2) is 0 Å². The number of halogens is 1. The average Bonchev–Trinajstić information content (AvgIpc) is 2.85. The number of hydrogen-bond donors (Lipinski definition) is 0. The highest BCUT2D eigenvalue weighted by Crippen LogP contribution is 2.33. The van der Waals surface area contributed by atoms with Gasteiger partial charge in [-0.2, -0.15) is 0 Å². The third kappa shape index (κ3) is 2.02. The Labute approximate surface area is 124 Å². The lowest BCUT2D eigenvalue weighted by molar-refractivity contribution is 0.111. The summed E-state index contributed by atoms with van der Waals surface area (Å²) in [6, 6.07) is 13.7. The molecular formula is C16H12BrNO2. The number of carbonyl (C=O) groups excluding carboxylic acids is 1. The molecule has 100 valence electrons. The van der Waals surface area contributed by atoms with E-state index in [9.17, 15) is 4.79 Å². The molecule has 3 rings (SSSR count). The zero-order chi connectivity index (χ0) is 14.1. The van der Waals surface area contributed by atoms with Gasteiger partial charge in [-0.1, -0.05) is 12.1 Å². The minimum Gasteiger partial charge on any atom is -0.496 e. The van der Waals surface area contributed by atoms with E-state index in [0.717, 1.165) is 33.2 Å². The Morgan fingerprint density at radius 1 is 1.20 bits per heavy atom. The van der Waals surface area contributed by atoms with Crippen molar-refractivity contribution < 1.29 is 9.53 Å². The van der Waals surface area contributed by atoms with E-state index in [1.54, 1.807) is 7.11 Å². The summed E-state index contributed by atoms with van der Waals surface area (Å²) >= 11 is 3.47. The van der Waals surface area contributed by atoms with Crippen molar-refractivity contribution in [1.82, 2.24) is 4.40 Å². The van der Waals surface area contributed by atoms with E-state index in [-0.39, 0.29) is 0 Å². The first-order valence-electron chi connectivity index (χ1n) is 6.14. The maximum Gasteiger partial charge on any atom is 0.167 e. The fourth-order valence-corrected chi connectivity index (χ4v) is 2.87. The highest BCUT2D eigenvalue weighted by Gasteiger charge is 2.12. The van der Waals surface area contributed by atoms with Gasteiger partial charge in [-0.3, -0.25) is 4.79 Å². The largest absolute Gasteiger partial charge is 0.496 e. The predicted octanol–water partition coefficient (Wildman–Crippen LogP) is 4.19. The molecule has 3 nitrogen and oxygen atoms in total. The van der Waals surface area contributed by atoms with Crippen molar-refractivity contribution in [3.05, 3.63) is 58.8 Å². The number of aldehydes is 1. The number of nitrogens with zero attached hydrogens (tertiary/aromatic N) is 1. The van der Waals surface area contributed by atoms with Crippen LogP contribution >= 0.6 is 15.9 Å². The number of methoxy groups -OCH3 is 1. The molecule has 2 heterocycles. The fraction of sp³-hybridized carbons (Fsp3) is 0.0625. The van der Waals surface area contributed by atoms with E-state index in [1.807, 2.05) is 53.1 Å². The van der Waals surface area contributed by atoms with Crippen molar-refractivity contribution >= 4 is 27.7 Å². The molecule has 0 unspecified atom stereocenters. The van der Waals surface area contributed by atoms with Crippen molar-refractivity contribution in [1.29, 1.82) is 0 Å². The fourth-order valence-electron chi connectivity index (χ4n) is 2.33. The summed E-state index contributed by atoms with van der Waals surface area (Å²) < 4.78 is 7.98. The van der Waals surface area contributed by atoms with Crippen LogP contribution in [0.2, 0.25) is 0 Å². The topological polar surface area (TPSA) is 30.7 Å². The first-order chi connectivity index (χ1) is 9.74. The first kappa shape index (κ1) is 12.9. The predicted molar refractivity (Wildman–Crippen MR) is 82.5 cm³/mol. The maximum absolute atomic E-state index is 11.4. The van der Waals surface area contributed by atoms with Crippen LogP contribution in [0.3, 0.4) is 0 Å². The number of rotatable bonds is 3. The van der Waals surface area contributed by atoms with Crippen LogP contribution in [0.1, 0.15) is 10.5 Å². The summed E-state index contributed by atoms with van der Waals surface area (Å²) in [5.41, 5.74) is 3.53. The highest BCUT2D eigenvalue weighted by molar-refractivity contribution is 9.10. The molecule has 0 aliphatic carbocycles. The molecule has 0 spiro atoms. The van der Waals surface area contributed by atoms with Crippen LogP contribution in [-0.2, 0) is 0 Å². The molecule has 0 bridgehead atoms. The van der Waals surface area contributed by atoms with Crippen LogP contribution in [-0.4, -0.2) is 17.8 Å². The summed E-state index contributed by atoms with van der Waals surface area (Å²) in [7, 11) is 1.63. The van der Waals surface area contributed by atoms with Gasteiger partial charge in [0.05, 0.1) is 17.3 Å². The van der Waals surface area contributed by atoms with Gasteiger partial charge in [-0.05, 0) is 51.8 Å². The molecular weight excluding hydrogens is 318 g/mol. The van der Waals surface area contributed by atoms with E-state index in [1.165, 1.54) is 0 Å². The maximum atomic E-state index is 11.4. The number of ether oxygens (including phenoxy) is 1. The average molecular weight is 330 g/mol. The van der Waals surface area contributed by atoms with E-state index < -0.39 is 0 Å². The standard InChI is InChI=1S/C16H12BrNO2/c1-20-16-6-5-11(8-14(16)17)13-9-12-4-2-3-7-18(12)15(13)10-19/h2-10H,1H3. The SMILES string of the molecule is COc1ccc(-c2cc3ccccn3c2C=O)cc1Br. The molecule has 0 saturated heterocycles. The molecule has 0 amide bonds. The lowest BCUT2D eigenvalue weighted by atomic mass is 10.1. The normalized spacial score (nSPS) is 10.7. The van der Waals surface area contributed by atoms with Gasteiger partial charge in [0.2, 0.25) is 0 Å². The van der Waals surface area contributed by atoms with Crippen molar-refractivity contribution in [2.75, 3.05) is 7.11 Å². The molecule has 0 saturated carbocycles. The first-order valence-corrected chi connectivity index (χ1v) is 6.93. The van der Waals surface area contributed by atoms with Gasteiger partial charge < -0.3 is 9.14 Å². The number of benzene rings is 1. The number of pyridine rings is 1. The monoisotopic (exact) mass is 329 g/mol. The Balaban J connectivity index is 2.23. The lowest BCUT2D eigenvalue weighted by Gasteiger charge is -2.06. The summed E-state index contributed by atoms with van der Waals surface area (Å²) in [6.45, 7) is 0. The second-order valence-corrected chi connectivity index (χ2v) is 5.26. The Bertz CT molecular complexity index is 792. The van der Waals surface area contributed by atoms with Gasteiger partial charge in [0.1, 0.15) is 5.75 Å². The Kier molecular flexibility index (Phi) is 3.32. The molecule has 0 fully saturated rings. The number of hydrogen-bond acceptors (Lipinski definition) is 2. The van der Waals surface area contributed by atoms with Crippen molar-refractivity contribution in [2.24, 2.45) is 0 Å². The minimum atomic E-state index is 0.651. The Hall–Kier alpha value is -2.07. The molecule has 0 N–H and O–H groups in total. The smallest absolute Gasteiger partial charge is 0.167 e. The van der Waals surface area contributed by atoms with Crippen LogP contribution in [0.5, 0.6) is 5.75 Å². The second-order valence-electron chi connectivity index (χ2n) is 4.41. The van der Waals surface area contributed by atoms with Crippen molar-refractivity contribution in [2.45, 2.75) is 0 Å². The molecule has 2 aromatic heterocycles. The molecule has 1 aromatic carbocycles. The third-order valence-electron chi connectivity index (χ3n) is 3.29. The van der Waals surface area contributed by atoms with Gasteiger partial charge in [-0.15, -0.1) is 0 Å². The zero-order valence-corrected chi connectivity index (χ0v) is 12.4. The quantitative estimate of drug-likeness (QED) is 0.674. The molecule has 0 aliphatic heterocycles. The number of carbonyl (C=O) groups is 1. The van der Waals surface area contributed by atoms with Crippen molar-refractivity contribution in [3.63, 3.8) is 0 Å². The highest BCUT2D eigenvalue weighted by atomic mass is 79.9. The lowest BCUT2D eigenvalue weighted by Crippen LogP contribution is -1.92. The molecule has 20 heavy (non-hydrogen) atoms.